The minimum absolute atomic E-state index is 0.0441. The molecule has 4 atom stereocenters. The molecule has 0 spiro atoms. The van der Waals surface area contributed by atoms with Crippen LogP contribution in [-0.2, 0) is 0 Å². The molecule has 1 aliphatic carbocycles. The average molecular weight is 204 g/mol. The van der Waals surface area contributed by atoms with Crippen molar-refractivity contribution in [2.45, 2.75) is 31.3 Å². The third-order valence-corrected chi connectivity index (χ3v) is 3.66. The Hall–Kier alpha value is -1.10. The molecule has 1 unspecified atom stereocenters. The first-order valence-electron chi connectivity index (χ1n) is 5.44. The Morgan fingerprint density at radius 3 is 2.47 bits per heavy atom. The number of rotatable bonds is 1. The molecule has 0 amide bonds. The van der Waals surface area contributed by atoms with E-state index < -0.39 is 0 Å². The van der Waals surface area contributed by atoms with Crippen molar-refractivity contribution in [2.24, 2.45) is 11.8 Å². The van der Waals surface area contributed by atoms with Gasteiger partial charge >= 0.3 is 0 Å². The highest BCUT2D eigenvalue weighted by molar-refractivity contribution is 5.11. The average Bonchev–Trinajstić information content (AvgIpc) is 2.19. The Balaban J connectivity index is 2.19. The summed E-state index contributed by atoms with van der Waals surface area (Å²) in [5, 5.41) is 22.2. The Morgan fingerprint density at radius 1 is 1.20 bits per heavy atom. The van der Waals surface area contributed by atoms with Gasteiger partial charge in [0.1, 0.15) is 6.04 Å². The molecule has 0 bridgehead atoms. The molecule has 1 aliphatic heterocycles. The highest BCUT2D eigenvalue weighted by atomic mass is 15.6. The first kappa shape index (κ1) is 10.4. The van der Waals surface area contributed by atoms with Gasteiger partial charge < -0.3 is 0 Å². The van der Waals surface area contributed by atoms with Crippen LogP contribution in [0.3, 0.4) is 0 Å². The molecule has 2 fully saturated rings. The van der Waals surface area contributed by atoms with E-state index in [2.05, 4.69) is 17.1 Å². The van der Waals surface area contributed by atoms with Crippen molar-refractivity contribution in [3.63, 3.8) is 0 Å². The third kappa shape index (κ3) is 1.51. The minimum Gasteiger partial charge on any atom is -0.246 e. The molecule has 4 heteroatoms. The number of hydrogen-bond donors (Lipinski definition) is 0. The van der Waals surface area contributed by atoms with Gasteiger partial charge in [-0.2, -0.15) is 10.5 Å². The van der Waals surface area contributed by atoms with Crippen LogP contribution >= 0.6 is 0 Å². The lowest BCUT2D eigenvalue weighted by Crippen LogP contribution is -2.63. The van der Waals surface area contributed by atoms with Crippen molar-refractivity contribution >= 4 is 0 Å². The molecule has 2 aliphatic rings. The molecule has 0 N–H and O–H groups in total. The first-order valence-corrected chi connectivity index (χ1v) is 5.44. The lowest BCUT2D eigenvalue weighted by Gasteiger charge is -2.54. The summed E-state index contributed by atoms with van der Waals surface area (Å²) in [4.78, 5) is 0. The maximum Gasteiger partial charge on any atom is 0.111 e. The van der Waals surface area contributed by atoms with Crippen LogP contribution in [0.2, 0.25) is 0 Å². The lowest BCUT2D eigenvalue weighted by molar-refractivity contribution is -0.140. The molecular weight excluding hydrogens is 188 g/mol. The van der Waals surface area contributed by atoms with E-state index in [0.29, 0.717) is 5.92 Å². The maximum atomic E-state index is 9.10. The minimum atomic E-state index is -0.0441. The van der Waals surface area contributed by atoms with Gasteiger partial charge in [0, 0.05) is 20.1 Å². The summed E-state index contributed by atoms with van der Waals surface area (Å²) in [6.07, 6.45) is 3.06. The number of nitrogens with zero attached hydrogens (tertiary/aromatic N) is 4. The van der Waals surface area contributed by atoms with Crippen LogP contribution < -0.4 is 0 Å². The van der Waals surface area contributed by atoms with E-state index >= 15 is 0 Å². The van der Waals surface area contributed by atoms with Gasteiger partial charge in [0.15, 0.2) is 0 Å². The number of nitriles is 2. The van der Waals surface area contributed by atoms with Crippen LogP contribution in [-0.4, -0.2) is 36.2 Å². The van der Waals surface area contributed by atoms with Gasteiger partial charge in [0.05, 0.1) is 18.1 Å². The molecule has 0 radical (unpaired) electrons. The van der Waals surface area contributed by atoms with Crippen molar-refractivity contribution in [2.75, 3.05) is 14.1 Å². The fourth-order valence-electron chi connectivity index (χ4n) is 2.94. The van der Waals surface area contributed by atoms with Gasteiger partial charge in [0.25, 0.3) is 0 Å². The van der Waals surface area contributed by atoms with Crippen molar-refractivity contribution in [1.82, 2.24) is 10.0 Å². The van der Waals surface area contributed by atoms with Crippen LogP contribution in [0.15, 0.2) is 0 Å². The summed E-state index contributed by atoms with van der Waals surface area (Å²) in [5.74, 6) is 0.746. The molecule has 15 heavy (non-hydrogen) atoms. The van der Waals surface area contributed by atoms with E-state index in [1.807, 2.05) is 19.1 Å². The van der Waals surface area contributed by atoms with Crippen molar-refractivity contribution in [3.05, 3.63) is 0 Å². The summed E-state index contributed by atoms with van der Waals surface area (Å²) in [7, 11) is 3.92. The number of hydrogen-bond acceptors (Lipinski definition) is 4. The Morgan fingerprint density at radius 2 is 1.93 bits per heavy atom. The monoisotopic (exact) mass is 204 g/mol. The van der Waals surface area contributed by atoms with Gasteiger partial charge in [-0.1, -0.05) is 0 Å². The Bertz CT molecular complexity index is 324. The van der Waals surface area contributed by atoms with Gasteiger partial charge in [-0.3, -0.25) is 0 Å². The predicted octanol–water partition coefficient (Wildman–Crippen LogP) is 0.979. The fourth-order valence-corrected chi connectivity index (χ4v) is 2.94. The molecule has 80 valence electrons. The zero-order chi connectivity index (χ0) is 11.0. The van der Waals surface area contributed by atoms with Crippen molar-refractivity contribution in [3.8, 4) is 12.1 Å². The van der Waals surface area contributed by atoms with Crippen molar-refractivity contribution in [1.29, 1.82) is 10.5 Å². The third-order valence-electron chi connectivity index (χ3n) is 3.66. The van der Waals surface area contributed by atoms with Gasteiger partial charge in [-0.15, -0.1) is 0 Å². The van der Waals surface area contributed by atoms with Gasteiger partial charge in [0.2, 0.25) is 0 Å². The number of piperidine rings is 1. The van der Waals surface area contributed by atoms with E-state index in [0.717, 1.165) is 19.3 Å². The van der Waals surface area contributed by atoms with Crippen LogP contribution in [0.1, 0.15) is 19.3 Å². The first-order chi connectivity index (χ1) is 7.19. The second kappa shape index (κ2) is 3.81. The SMILES string of the molecule is CN(C)N1C(C#N)CC[C@@H]2C[C@H](C#N)[C@@H]21. The smallest absolute Gasteiger partial charge is 0.111 e. The molecule has 4 nitrogen and oxygen atoms in total. The maximum absolute atomic E-state index is 9.10. The van der Waals surface area contributed by atoms with Crippen LogP contribution in [0.4, 0.5) is 0 Å². The van der Waals surface area contributed by atoms with Crippen molar-refractivity contribution < 1.29 is 0 Å². The fraction of sp³-hybridized carbons (Fsp3) is 0.818. The Kier molecular flexibility index (Phi) is 2.65. The molecule has 0 aromatic heterocycles. The summed E-state index contributed by atoms with van der Waals surface area (Å²) >= 11 is 0. The topological polar surface area (TPSA) is 54.1 Å². The second-order valence-electron chi connectivity index (χ2n) is 4.67. The highest BCUT2D eigenvalue weighted by Gasteiger charge is 2.50. The quantitative estimate of drug-likeness (QED) is 0.639. The van der Waals surface area contributed by atoms with E-state index in [1.54, 1.807) is 0 Å². The molecule has 0 aromatic rings. The molecule has 0 aromatic carbocycles. The normalized spacial score (nSPS) is 40.1. The van der Waals surface area contributed by atoms with Gasteiger partial charge in [-0.05, 0) is 25.2 Å². The Labute approximate surface area is 90.7 Å². The molecular formula is C11H16N4. The summed E-state index contributed by atoms with van der Waals surface area (Å²) in [6, 6.07) is 4.93. The zero-order valence-electron chi connectivity index (χ0n) is 9.22. The van der Waals surface area contributed by atoms with Gasteiger partial charge in [-0.25, -0.2) is 10.0 Å². The molecule has 1 saturated heterocycles. The van der Waals surface area contributed by atoms with Crippen LogP contribution in [0.25, 0.3) is 0 Å². The summed E-state index contributed by atoms with van der Waals surface area (Å²) < 4.78 is 0. The summed E-state index contributed by atoms with van der Waals surface area (Å²) in [6.45, 7) is 0. The van der Waals surface area contributed by atoms with Crippen LogP contribution in [0.5, 0.6) is 0 Å². The summed E-state index contributed by atoms with van der Waals surface area (Å²) in [5.41, 5.74) is 0. The largest absolute Gasteiger partial charge is 0.246 e. The van der Waals surface area contributed by atoms with Crippen LogP contribution in [0, 0.1) is 34.5 Å². The van der Waals surface area contributed by atoms with E-state index in [9.17, 15) is 0 Å². The second-order valence-corrected chi connectivity index (χ2v) is 4.67. The number of hydrazine groups is 1. The zero-order valence-corrected chi connectivity index (χ0v) is 9.22. The molecule has 1 saturated carbocycles. The molecule has 1 heterocycles. The lowest BCUT2D eigenvalue weighted by atomic mass is 9.65. The number of fused-ring (bicyclic) bond motifs is 1. The van der Waals surface area contributed by atoms with E-state index in [1.165, 1.54) is 0 Å². The predicted molar refractivity (Wildman–Crippen MR) is 55.2 cm³/mol. The van der Waals surface area contributed by atoms with E-state index in [-0.39, 0.29) is 18.0 Å². The van der Waals surface area contributed by atoms with E-state index in [4.69, 9.17) is 10.5 Å². The molecule has 2 rings (SSSR count). The highest BCUT2D eigenvalue weighted by Crippen LogP contribution is 2.45. The standard InChI is InChI=1S/C11H16N4/c1-14(2)15-10(7-13)4-3-8-5-9(6-12)11(8)15/h8-11H,3-5H2,1-2H3/t8-,9-,10?,11-/m1/s1.